The van der Waals surface area contributed by atoms with Gasteiger partial charge in [0.25, 0.3) is 5.91 Å². The van der Waals surface area contributed by atoms with Crippen LogP contribution in [0.25, 0.3) is 0 Å². The molecule has 0 spiro atoms. The fourth-order valence-corrected chi connectivity index (χ4v) is 2.61. The fourth-order valence-electron chi connectivity index (χ4n) is 2.61. The summed E-state index contributed by atoms with van der Waals surface area (Å²) in [6, 6.07) is 15.7. The van der Waals surface area contributed by atoms with Crippen molar-refractivity contribution in [2.24, 2.45) is 0 Å². The second-order valence-corrected chi connectivity index (χ2v) is 6.30. The summed E-state index contributed by atoms with van der Waals surface area (Å²) in [5.74, 6) is -0.303. The van der Waals surface area contributed by atoms with Gasteiger partial charge in [-0.2, -0.15) is 13.2 Å². The number of rotatable bonds is 5. The van der Waals surface area contributed by atoms with Crippen LogP contribution < -0.4 is 10.6 Å². The first kappa shape index (κ1) is 19.4. The Hall–Kier alpha value is -3.35. The highest BCUT2D eigenvalue weighted by Gasteiger charge is 2.29. The average molecular weight is 385 g/mol. The van der Waals surface area contributed by atoms with Crippen LogP contribution in [0.2, 0.25) is 0 Å². The minimum Gasteiger partial charge on any atom is -0.354 e. The standard InChI is InChI=1S/C21H18F3N3O/c1-14-3-2-4-15(11-14)12-26-20(28)19-10-9-18(13-25-19)27-17-7-5-16(6-8-17)21(22,23)24/h2-11,13,27H,12H2,1H3,(H,26,28). The van der Waals surface area contributed by atoms with Crippen molar-refractivity contribution >= 4 is 17.3 Å². The van der Waals surface area contributed by atoms with E-state index in [0.29, 0.717) is 17.9 Å². The van der Waals surface area contributed by atoms with Gasteiger partial charge in [-0.25, -0.2) is 4.98 Å². The molecule has 2 N–H and O–H groups in total. The third-order valence-electron chi connectivity index (χ3n) is 4.03. The third kappa shape index (κ3) is 5.09. The van der Waals surface area contributed by atoms with Gasteiger partial charge in [0.15, 0.2) is 0 Å². The molecular weight excluding hydrogens is 367 g/mol. The molecule has 1 heterocycles. The molecule has 144 valence electrons. The van der Waals surface area contributed by atoms with E-state index in [9.17, 15) is 18.0 Å². The quantitative estimate of drug-likeness (QED) is 0.644. The van der Waals surface area contributed by atoms with Crippen LogP contribution in [0.5, 0.6) is 0 Å². The van der Waals surface area contributed by atoms with E-state index in [1.54, 1.807) is 12.1 Å². The average Bonchev–Trinajstić information content (AvgIpc) is 2.66. The highest BCUT2D eigenvalue weighted by Crippen LogP contribution is 2.30. The van der Waals surface area contributed by atoms with Gasteiger partial charge in [0.1, 0.15) is 5.69 Å². The zero-order chi connectivity index (χ0) is 20.1. The number of benzene rings is 2. The number of carbonyl (C=O) groups is 1. The number of hydrogen-bond acceptors (Lipinski definition) is 3. The maximum absolute atomic E-state index is 12.6. The number of anilines is 2. The molecule has 0 atom stereocenters. The number of pyridine rings is 1. The zero-order valence-electron chi connectivity index (χ0n) is 15.0. The lowest BCUT2D eigenvalue weighted by atomic mass is 10.1. The number of nitrogens with one attached hydrogen (secondary N) is 2. The van der Waals surface area contributed by atoms with E-state index >= 15 is 0 Å². The molecule has 0 radical (unpaired) electrons. The Kier molecular flexibility index (Phi) is 5.63. The van der Waals surface area contributed by atoms with Crippen molar-refractivity contribution in [3.05, 3.63) is 89.2 Å². The second-order valence-electron chi connectivity index (χ2n) is 6.30. The first-order valence-electron chi connectivity index (χ1n) is 8.55. The van der Waals surface area contributed by atoms with Crippen LogP contribution >= 0.6 is 0 Å². The molecule has 3 aromatic rings. The van der Waals surface area contributed by atoms with Crippen LogP contribution in [0.15, 0.2) is 66.9 Å². The van der Waals surface area contributed by atoms with E-state index in [2.05, 4.69) is 15.6 Å². The molecule has 0 aliphatic rings. The Labute approximate surface area is 160 Å². The molecule has 4 nitrogen and oxygen atoms in total. The van der Waals surface area contributed by atoms with Gasteiger partial charge < -0.3 is 10.6 Å². The van der Waals surface area contributed by atoms with E-state index in [1.807, 2.05) is 31.2 Å². The largest absolute Gasteiger partial charge is 0.416 e. The van der Waals surface area contributed by atoms with Crippen LogP contribution in [0.1, 0.15) is 27.2 Å². The van der Waals surface area contributed by atoms with Gasteiger partial charge in [0.05, 0.1) is 17.4 Å². The summed E-state index contributed by atoms with van der Waals surface area (Å²) >= 11 is 0. The van der Waals surface area contributed by atoms with Gasteiger partial charge in [0.2, 0.25) is 0 Å². The lowest BCUT2D eigenvalue weighted by Crippen LogP contribution is -2.23. The predicted molar refractivity (Wildman–Crippen MR) is 101 cm³/mol. The molecule has 0 bridgehead atoms. The molecule has 0 saturated heterocycles. The number of nitrogens with zero attached hydrogens (tertiary/aromatic N) is 1. The molecular formula is C21H18F3N3O. The molecule has 0 saturated carbocycles. The molecule has 0 aliphatic carbocycles. The molecule has 3 rings (SSSR count). The lowest BCUT2D eigenvalue weighted by molar-refractivity contribution is -0.137. The van der Waals surface area contributed by atoms with Crippen molar-refractivity contribution in [1.29, 1.82) is 0 Å². The topological polar surface area (TPSA) is 54.0 Å². The number of carbonyl (C=O) groups excluding carboxylic acids is 1. The van der Waals surface area contributed by atoms with Gasteiger partial charge in [0, 0.05) is 12.2 Å². The third-order valence-corrected chi connectivity index (χ3v) is 4.03. The number of alkyl halides is 3. The molecule has 2 aromatic carbocycles. The number of amides is 1. The summed E-state index contributed by atoms with van der Waals surface area (Å²) in [7, 11) is 0. The molecule has 0 fully saturated rings. The number of aryl methyl sites for hydroxylation is 1. The summed E-state index contributed by atoms with van der Waals surface area (Å²) in [4.78, 5) is 16.3. The summed E-state index contributed by atoms with van der Waals surface area (Å²) in [6.07, 6.45) is -2.91. The summed E-state index contributed by atoms with van der Waals surface area (Å²) < 4.78 is 37.8. The van der Waals surface area contributed by atoms with Crippen LogP contribution in [-0.2, 0) is 12.7 Å². The number of aromatic nitrogens is 1. The highest BCUT2D eigenvalue weighted by molar-refractivity contribution is 5.92. The molecule has 0 aliphatic heterocycles. The Bertz CT molecular complexity index is 952. The van der Waals surface area contributed by atoms with E-state index in [-0.39, 0.29) is 11.6 Å². The fraction of sp³-hybridized carbons (Fsp3) is 0.143. The van der Waals surface area contributed by atoms with Gasteiger partial charge in [-0.1, -0.05) is 29.8 Å². The predicted octanol–water partition coefficient (Wildman–Crippen LogP) is 5.08. The number of hydrogen-bond donors (Lipinski definition) is 2. The maximum atomic E-state index is 12.6. The van der Waals surface area contributed by atoms with Gasteiger partial charge in [-0.15, -0.1) is 0 Å². The van der Waals surface area contributed by atoms with Crippen LogP contribution in [0, 0.1) is 6.92 Å². The SMILES string of the molecule is Cc1cccc(CNC(=O)c2ccc(Nc3ccc(C(F)(F)F)cc3)cn2)c1. The van der Waals surface area contributed by atoms with Gasteiger partial charge in [-0.05, 0) is 48.9 Å². The van der Waals surface area contributed by atoms with Gasteiger partial charge in [-0.3, -0.25) is 4.79 Å². The lowest BCUT2D eigenvalue weighted by Gasteiger charge is -2.10. The summed E-state index contributed by atoms with van der Waals surface area (Å²) in [6.45, 7) is 2.38. The normalized spacial score (nSPS) is 11.1. The minimum atomic E-state index is -4.37. The zero-order valence-corrected chi connectivity index (χ0v) is 15.0. The van der Waals surface area contributed by atoms with Gasteiger partial charge >= 0.3 is 6.18 Å². The maximum Gasteiger partial charge on any atom is 0.416 e. The first-order chi connectivity index (χ1) is 13.3. The van der Waals surface area contributed by atoms with Crippen molar-refractivity contribution in [3.8, 4) is 0 Å². The molecule has 1 amide bonds. The van der Waals surface area contributed by atoms with Crippen molar-refractivity contribution in [3.63, 3.8) is 0 Å². The highest BCUT2D eigenvalue weighted by atomic mass is 19.4. The summed E-state index contributed by atoms with van der Waals surface area (Å²) in [5, 5.41) is 5.75. The number of halogens is 3. The molecule has 7 heteroatoms. The van der Waals surface area contributed by atoms with E-state index in [4.69, 9.17) is 0 Å². The monoisotopic (exact) mass is 385 g/mol. The van der Waals surface area contributed by atoms with Crippen LogP contribution in [-0.4, -0.2) is 10.9 Å². The second kappa shape index (κ2) is 8.12. The smallest absolute Gasteiger partial charge is 0.354 e. The van der Waals surface area contributed by atoms with E-state index < -0.39 is 11.7 Å². The van der Waals surface area contributed by atoms with E-state index in [0.717, 1.165) is 23.3 Å². The van der Waals surface area contributed by atoms with Crippen molar-refractivity contribution in [2.45, 2.75) is 19.6 Å². The van der Waals surface area contributed by atoms with Crippen LogP contribution in [0.4, 0.5) is 24.5 Å². The molecule has 1 aromatic heterocycles. The minimum absolute atomic E-state index is 0.255. The van der Waals surface area contributed by atoms with Crippen LogP contribution in [0.3, 0.4) is 0 Å². The van der Waals surface area contributed by atoms with Crippen molar-refractivity contribution in [1.82, 2.24) is 10.3 Å². The van der Waals surface area contributed by atoms with Crippen molar-refractivity contribution in [2.75, 3.05) is 5.32 Å². The first-order valence-corrected chi connectivity index (χ1v) is 8.55. The summed E-state index contributed by atoms with van der Waals surface area (Å²) in [5.41, 5.74) is 2.71. The molecule has 28 heavy (non-hydrogen) atoms. The Morgan fingerprint density at radius 2 is 1.71 bits per heavy atom. The Morgan fingerprint density at radius 3 is 2.32 bits per heavy atom. The Morgan fingerprint density at radius 1 is 1.00 bits per heavy atom. The Balaban J connectivity index is 1.59. The van der Waals surface area contributed by atoms with E-state index in [1.165, 1.54) is 18.3 Å². The van der Waals surface area contributed by atoms with Crippen molar-refractivity contribution < 1.29 is 18.0 Å². The molecule has 0 unspecified atom stereocenters.